The summed E-state index contributed by atoms with van der Waals surface area (Å²) in [4.78, 5) is 12.0. The van der Waals surface area contributed by atoms with Gasteiger partial charge in [0.15, 0.2) is 0 Å². The fourth-order valence-electron chi connectivity index (χ4n) is 2.42. The molecule has 3 rings (SSSR count). The number of H-pyrrole nitrogens is 1. The smallest absolute Gasteiger partial charge is 0.276 e. The van der Waals surface area contributed by atoms with Gasteiger partial charge in [0.2, 0.25) is 5.82 Å². The van der Waals surface area contributed by atoms with Crippen LogP contribution in [0.25, 0.3) is 11.6 Å². The van der Waals surface area contributed by atoms with Crippen LogP contribution in [0.5, 0.6) is 0 Å². The highest BCUT2D eigenvalue weighted by molar-refractivity contribution is 5.46. The SMILES string of the molecule is CCC(C)(OC)c1noc(-c2cnc(C3(N)CCC3)[nH]2)n1. The number of nitrogens with zero attached hydrogens (tertiary/aromatic N) is 3. The number of nitrogens with two attached hydrogens (primary N) is 1. The molecule has 7 heteroatoms. The zero-order valence-corrected chi connectivity index (χ0v) is 12.6. The Kier molecular flexibility index (Phi) is 3.33. The van der Waals surface area contributed by atoms with Gasteiger partial charge in [0.05, 0.1) is 11.7 Å². The fourth-order valence-corrected chi connectivity index (χ4v) is 2.42. The summed E-state index contributed by atoms with van der Waals surface area (Å²) in [6, 6.07) is 0. The lowest BCUT2D eigenvalue weighted by Crippen LogP contribution is -2.44. The normalized spacial score (nSPS) is 20.0. The summed E-state index contributed by atoms with van der Waals surface area (Å²) in [6.45, 7) is 3.95. The number of nitrogens with one attached hydrogen (secondary N) is 1. The van der Waals surface area contributed by atoms with Crippen LogP contribution in [0.15, 0.2) is 10.7 Å². The molecule has 2 aromatic heterocycles. The van der Waals surface area contributed by atoms with Crippen LogP contribution in [0.3, 0.4) is 0 Å². The highest BCUT2D eigenvalue weighted by atomic mass is 16.5. The van der Waals surface area contributed by atoms with Gasteiger partial charge >= 0.3 is 0 Å². The van der Waals surface area contributed by atoms with E-state index in [-0.39, 0.29) is 5.54 Å². The molecule has 0 aromatic carbocycles. The first-order valence-corrected chi connectivity index (χ1v) is 7.25. The first-order chi connectivity index (χ1) is 10.0. The molecule has 114 valence electrons. The molecule has 1 aliphatic rings. The Morgan fingerprint density at radius 3 is 2.86 bits per heavy atom. The Balaban J connectivity index is 1.87. The number of aromatic nitrogens is 4. The van der Waals surface area contributed by atoms with E-state index in [1.807, 2.05) is 13.8 Å². The number of imidazole rings is 1. The predicted molar refractivity (Wildman–Crippen MR) is 76.2 cm³/mol. The third-order valence-electron chi connectivity index (χ3n) is 4.55. The van der Waals surface area contributed by atoms with Gasteiger partial charge in [0, 0.05) is 7.11 Å². The van der Waals surface area contributed by atoms with Gasteiger partial charge in [-0.3, -0.25) is 0 Å². The van der Waals surface area contributed by atoms with Gasteiger partial charge in [-0.05, 0) is 32.6 Å². The van der Waals surface area contributed by atoms with E-state index in [1.54, 1.807) is 13.3 Å². The van der Waals surface area contributed by atoms with E-state index in [1.165, 1.54) is 0 Å². The zero-order chi connectivity index (χ0) is 15.1. The van der Waals surface area contributed by atoms with Crippen molar-refractivity contribution in [2.24, 2.45) is 5.73 Å². The summed E-state index contributed by atoms with van der Waals surface area (Å²) in [5.74, 6) is 1.72. The molecule has 1 aliphatic carbocycles. The molecule has 7 nitrogen and oxygen atoms in total. The van der Waals surface area contributed by atoms with Crippen LogP contribution in [0.2, 0.25) is 0 Å². The van der Waals surface area contributed by atoms with Gasteiger partial charge in [-0.1, -0.05) is 12.1 Å². The summed E-state index contributed by atoms with van der Waals surface area (Å²) >= 11 is 0. The highest BCUT2D eigenvalue weighted by Crippen LogP contribution is 2.37. The quantitative estimate of drug-likeness (QED) is 0.874. The number of hydrogen-bond donors (Lipinski definition) is 2. The van der Waals surface area contributed by atoms with E-state index in [0.717, 1.165) is 31.5 Å². The number of ether oxygens (including phenoxy) is 1. The maximum Gasteiger partial charge on any atom is 0.276 e. The van der Waals surface area contributed by atoms with Crippen molar-refractivity contribution in [2.75, 3.05) is 7.11 Å². The first kappa shape index (κ1) is 14.2. The summed E-state index contributed by atoms with van der Waals surface area (Å²) < 4.78 is 10.8. The average Bonchev–Trinajstić information content (AvgIpc) is 3.12. The van der Waals surface area contributed by atoms with Crippen LogP contribution in [0, 0.1) is 0 Å². The Labute approximate surface area is 123 Å². The minimum atomic E-state index is -0.548. The van der Waals surface area contributed by atoms with Crippen LogP contribution >= 0.6 is 0 Å². The maximum atomic E-state index is 6.25. The summed E-state index contributed by atoms with van der Waals surface area (Å²) in [5, 5.41) is 4.02. The van der Waals surface area contributed by atoms with Crippen molar-refractivity contribution < 1.29 is 9.26 Å². The number of hydrogen-bond acceptors (Lipinski definition) is 6. The molecule has 3 N–H and O–H groups in total. The van der Waals surface area contributed by atoms with Crippen LogP contribution in [0.4, 0.5) is 0 Å². The number of methoxy groups -OCH3 is 1. The van der Waals surface area contributed by atoms with Crippen LogP contribution in [-0.2, 0) is 15.9 Å². The molecular formula is C14H21N5O2. The fraction of sp³-hybridized carbons (Fsp3) is 0.643. The van der Waals surface area contributed by atoms with Gasteiger partial charge in [-0.15, -0.1) is 0 Å². The molecule has 1 atom stereocenters. The van der Waals surface area contributed by atoms with Crippen molar-refractivity contribution in [2.45, 2.75) is 50.7 Å². The van der Waals surface area contributed by atoms with Crippen molar-refractivity contribution in [3.63, 3.8) is 0 Å². The van der Waals surface area contributed by atoms with Gasteiger partial charge in [-0.2, -0.15) is 4.98 Å². The summed E-state index contributed by atoms with van der Waals surface area (Å²) in [7, 11) is 1.64. The molecule has 1 saturated carbocycles. The largest absolute Gasteiger partial charge is 0.370 e. The lowest BCUT2D eigenvalue weighted by molar-refractivity contribution is -0.0106. The van der Waals surface area contributed by atoms with E-state index in [0.29, 0.717) is 17.4 Å². The van der Waals surface area contributed by atoms with E-state index >= 15 is 0 Å². The first-order valence-electron chi connectivity index (χ1n) is 7.25. The molecule has 0 radical (unpaired) electrons. The Hall–Kier alpha value is -1.73. The van der Waals surface area contributed by atoms with E-state index in [2.05, 4.69) is 20.1 Å². The summed E-state index contributed by atoms with van der Waals surface area (Å²) in [5.41, 5.74) is 6.07. The van der Waals surface area contributed by atoms with Crippen LogP contribution < -0.4 is 5.73 Å². The van der Waals surface area contributed by atoms with Gasteiger partial charge in [0.1, 0.15) is 17.1 Å². The van der Waals surface area contributed by atoms with E-state index in [9.17, 15) is 0 Å². The van der Waals surface area contributed by atoms with Crippen molar-refractivity contribution in [1.82, 2.24) is 20.1 Å². The third kappa shape index (κ3) is 2.26. The molecule has 21 heavy (non-hydrogen) atoms. The van der Waals surface area contributed by atoms with Crippen molar-refractivity contribution in [1.29, 1.82) is 0 Å². The van der Waals surface area contributed by atoms with Gasteiger partial charge < -0.3 is 20.0 Å². The van der Waals surface area contributed by atoms with Crippen molar-refractivity contribution >= 4 is 0 Å². The van der Waals surface area contributed by atoms with E-state index in [4.69, 9.17) is 15.0 Å². The van der Waals surface area contributed by atoms with Crippen LogP contribution in [0.1, 0.15) is 51.2 Å². The second kappa shape index (κ2) is 4.92. The molecule has 1 unspecified atom stereocenters. The molecule has 0 saturated heterocycles. The molecule has 2 heterocycles. The highest BCUT2D eigenvalue weighted by Gasteiger charge is 2.37. The second-order valence-corrected chi connectivity index (χ2v) is 5.87. The molecule has 0 spiro atoms. The minimum absolute atomic E-state index is 0.328. The van der Waals surface area contributed by atoms with E-state index < -0.39 is 5.60 Å². The number of rotatable bonds is 5. The Bertz CT molecular complexity index is 625. The zero-order valence-electron chi connectivity index (χ0n) is 12.6. The monoisotopic (exact) mass is 291 g/mol. The average molecular weight is 291 g/mol. The maximum absolute atomic E-state index is 6.25. The molecular weight excluding hydrogens is 270 g/mol. The molecule has 0 aliphatic heterocycles. The van der Waals surface area contributed by atoms with Gasteiger partial charge in [-0.25, -0.2) is 4.98 Å². The Morgan fingerprint density at radius 2 is 2.29 bits per heavy atom. The molecule has 0 amide bonds. The molecule has 0 bridgehead atoms. The summed E-state index contributed by atoms with van der Waals surface area (Å²) in [6.07, 6.45) is 5.48. The van der Waals surface area contributed by atoms with Gasteiger partial charge in [0.25, 0.3) is 5.89 Å². The van der Waals surface area contributed by atoms with Crippen LogP contribution in [-0.4, -0.2) is 27.2 Å². The lowest BCUT2D eigenvalue weighted by Gasteiger charge is -2.35. The molecule has 2 aromatic rings. The predicted octanol–water partition coefficient (Wildman–Crippen LogP) is 2.07. The third-order valence-corrected chi connectivity index (χ3v) is 4.55. The lowest BCUT2D eigenvalue weighted by atomic mass is 9.77. The standard InChI is InChI=1S/C14H21N5O2/c1-4-13(2,20-3)11-18-10(21-19-11)9-8-16-12(17-9)14(15)6-5-7-14/h8H,4-7,15H2,1-3H3,(H,16,17). The van der Waals surface area contributed by atoms with Crippen molar-refractivity contribution in [3.05, 3.63) is 17.8 Å². The number of aromatic amines is 1. The minimum Gasteiger partial charge on any atom is -0.370 e. The topological polar surface area (TPSA) is 103 Å². The molecule has 1 fully saturated rings. The second-order valence-electron chi connectivity index (χ2n) is 5.87. The Morgan fingerprint density at radius 1 is 1.52 bits per heavy atom. The van der Waals surface area contributed by atoms with Crippen molar-refractivity contribution in [3.8, 4) is 11.6 Å².